The van der Waals surface area contributed by atoms with Gasteiger partial charge in [0.25, 0.3) is 0 Å². The minimum atomic E-state index is -2.34. The Bertz CT molecular complexity index is 2420. The maximum absolute atomic E-state index is 14.1. The van der Waals surface area contributed by atoms with E-state index in [4.69, 9.17) is 38.9 Å². The third kappa shape index (κ3) is 11.0. The van der Waals surface area contributed by atoms with Gasteiger partial charge in [-0.15, -0.1) is 0 Å². The van der Waals surface area contributed by atoms with Crippen molar-refractivity contribution in [2.45, 2.75) is 152 Å². The van der Waals surface area contributed by atoms with E-state index in [2.05, 4.69) is 48.1 Å². The van der Waals surface area contributed by atoms with Gasteiger partial charge in [0.2, 0.25) is 0 Å². The van der Waals surface area contributed by atoms with E-state index in [0.29, 0.717) is 52.8 Å². The summed E-state index contributed by atoms with van der Waals surface area (Å²) in [6.07, 6.45) is 21.9. The lowest BCUT2D eigenvalue weighted by Gasteiger charge is -2.36. The maximum atomic E-state index is 14.1. The summed E-state index contributed by atoms with van der Waals surface area (Å²) in [4.78, 5) is 62.1. The molecule has 360 valence electrons. The fraction of sp³-hybridized carbons (Fsp3) is 0.554. The second-order valence-electron chi connectivity index (χ2n) is 19.8. The van der Waals surface area contributed by atoms with Crippen LogP contribution in [0.2, 0.25) is 0 Å². The molecule has 6 heterocycles. The quantitative estimate of drug-likeness (QED) is 0.0635. The average Bonchev–Trinajstić information content (AvgIpc) is 3.97. The molecule has 6 rings (SSSR count). The Labute approximate surface area is 399 Å². The van der Waals surface area contributed by atoms with Gasteiger partial charge in [-0.25, -0.2) is 24.6 Å². The van der Waals surface area contributed by atoms with Gasteiger partial charge in [-0.2, -0.15) is 0 Å². The van der Waals surface area contributed by atoms with Crippen LogP contribution in [0.1, 0.15) is 146 Å². The Kier molecular flexibility index (Phi) is 16.9. The highest BCUT2D eigenvalue weighted by molar-refractivity contribution is 6.34. The van der Waals surface area contributed by atoms with Gasteiger partial charge in [0, 0.05) is 36.7 Å². The predicted molar refractivity (Wildman–Crippen MR) is 269 cm³/mol. The molecule has 0 spiro atoms. The van der Waals surface area contributed by atoms with E-state index in [9.17, 15) is 14.4 Å². The summed E-state index contributed by atoms with van der Waals surface area (Å²) in [6.45, 7) is 25.8. The number of allylic oxidation sites excluding steroid dienone is 11. The molecular formula is C56H74N4O7. The molecule has 1 saturated heterocycles. The summed E-state index contributed by atoms with van der Waals surface area (Å²) in [7, 11) is 2.50. The number of ether oxygens (including phenoxy) is 4. The van der Waals surface area contributed by atoms with E-state index >= 15 is 0 Å². The van der Waals surface area contributed by atoms with Crippen LogP contribution in [0.15, 0.2) is 124 Å². The number of cyclic esters (lactones) is 1. The fourth-order valence-corrected chi connectivity index (χ4v) is 10.2. The SMILES string of the molecule is C=CC1=C(C)C2=CC3=NC(=C4C5=NC(=CC6=NC(=CC1=N2)C(C)=C6CC)C(C)=C5C(=O)OC4(OC)C(=O)OC)C(CCC(=O)OCC=C(C)CCCC(C)CCCC(C)CCCC(C)C)C3C. The van der Waals surface area contributed by atoms with Gasteiger partial charge in [0.1, 0.15) is 6.61 Å². The molecule has 0 aromatic carbocycles. The first-order valence-electron chi connectivity index (χ1n) is 24.7. The molecule has 5 unspecified atom stereocenters. The van der Waals surface area contributed by atoms with Gasteiger partial charge < -0.3 is 18.9 Å². The highest BCUT2D eigenvalue weighted by Crippen LogP contribution is 2.48. The van der Waals surface area contributed by atoms with E-state index in [-0.39, 0.29) is 41.8 Å². The number of rotatable bonds is 21. The van der Waals surface area contributed by atoms with Crippen molar-refractivity contribution < 1.29 is 33.3 Å². The van der Waals surface area contributed by atoms with Crippen molar-refractivity contribution in [1.29, 1.82) is 0 Å². The topological polar surface area (TPSA) is 138 Å². The molecule has 11 heteroatoms. The fourth-order valence-electron chi connectivity index (χ4n) is 10.2. The standard InChI is InChI=1S/C56H74N4O7/c1-14-40-36(8)43-29-45-38(10)42(25-26-49(61)66-28-27-35(7)24-18-23-34(6)22-17-21-33(5)20-16-19-32(3)4)52(59-45)51-53-50(54(62)67-56(51,65-13)55(63)64-12)39(11)46(60-53)31-48-41(15-2)37(9)44(58-48)30-47(40)57-43/h14,27,29-34,38,42H,1,15-26,28H2,2-13H3. The van der Waals surface area contributed by atoms with Crippen molar-refractivity contribution in [1.82, 2.24) is 0 Å². The third-order valence-corrected chi connectivity index (χ3v) is 14.5. The zero-order chi connectivity index (χ0) is 48.7. The number of aliphatic imine (C=N–C) groups is 4. The molecule has 0 amide bonds. The zero-order valence-electron chi connectivity index (χ0n) is 42.3. The van der Waals surface area contributed by atoms with Crippen molar-refractivity contribution in [2.75, 3.05) is 20.8 Å². The molecule has 0 aromatic heterocycles. The van der Waals surface area contributed by atoms with E-state index < -0.39 is 23.6 Å². The summed E-state index contributed by atoms with van der Waals surface area (Å²) in [6, 6.07) is 0. The average molecular weight is 915 g/mol. The van der Waals surface area contributed by atoms with E-state index in [0.717, 1.165) is 58.4 Å². The summed E-state index contributed by atoms with van der Waals surface area (Å²) in [5.74, 6) is -2.86. The van der Waals surface area contributed by atoms with Crippen molar-refractivity contribution in [3.8, 4) is 0 Å². The van der Waals surface area contributed by atoms with Crippen LogP contribution in [0.5, 0.6) is 0 Å². The smallest absolute Gasteiger partial charge is 0.385 e. The Morgan fingerprint density at radius 2 is 1.46 bits per heavy atom. The lowest BCUT2D eigenvalue weighted by Crippen LogP contribution is -2.54. The minimum Gasteiger partial charge on any atom is -0.464 e. The van der Waals surface area contributed by atoms with Crippen molar-refractivity contribution in [3.63, 3.8) is 0 Å². The molecule has 0 aromatic rings. The minimum absolute atomic E-state index is 0.0734. The Hall–Kier alpha value is -5.29. The molecule has 0 radical (unpaired) electrons. The number of carbonyl (C=O) groups excluding carboxylic acids is 3. The maximum Gasteiger partial charge on any atom is 0.385 e. The number of fused-ring (bicyclic) bond motifs is 4. The normalized spacial score (nSPS) is 23.4. The number of esters is 3. The first kappa shape index (κ1) is 51.1. The van der Waals surface area contributed by atoms with Gasteiger partial charge >= 0.3 is 23.7 Å². The molecule has 5 atom stereocenters. The molecule has 11 nitrogen and oxygen atoms in total. The number of carbonyl (C=O) groups is 3. The molecular weight excluding hydrogens is 841 g/mol. The Morgan fingerprint density at radius 3 is 2.10 bits per heavy atom. The lowest BCUT2D eigenvalue weighted by atomic mass is 9.80. The molecule has 0 N–H and O–H groups in total. The van der Waals surface area contributed by atoms with Gasteiger partial charge in [-0.1, -0.05) is 105 Å². The summed E-state index contributed by atoms with van der Waals surface area (Å²) < 4.78 is 23.1. The van der Waals surface area contributed by atoms with Crippen LogP contribution in [0.4, 0.5) is 0 Å². The second-order valence-corrected chi connectivity index (χ2v) is 19.8. The third-order valence-electron chi connectivity index (χ3n) is 14.5. The number of hydrogen-bond donors (Lipinski definition) is 0. The molecule has 8 bridgehead atoms. The van der Waals surface area contributed by atoms with Crippen LogP contribution in [0.3, 0.4) is 0 Å². The molecule has 1 fully saturated rings. The molecule has 0 aliphatic carbocycles. The van der Waals surface area contributed by atoms with Crippen LogP contribution in [-0.2, 0) is 33.3 Å². The van der Waals surface area contributed by atoms with Crippen LogP contribution in [0.25, 0.3) is 0 Å². The van der Waals surface area contributed by atoms with Crippen molar-refractivity contribution >= 4 is 40.8 Å². The molecule has 67 heavy (non-hydrogen) atoms. The number of hydrogen-bond acceptors (Lipinski definition) is 11. The van der Waals surface area contributed by atoms with E-state index in [1.807, 2.05) is 51.2 Å². The Morgan fingerprint density at radius 1 is 0.836 bits per heavy atom. The highest BCUT2D eigenvalue weighted by atomic mass is 16.7. The summed E-state index contributed by atoms with van der Waals surface area (Å²) in [5, 5.41) is 0. The first-order valence-corrected chi connectivity index (χ1v) is 24.7. The lowest BCUT2D eigenvalue weighted by molar-refractivity contribution is -0.219. The van der Waals surface area contributed by atoms with Crippen LogP contribution in [0, 0.1) is 29.6 Å². The largest absolute Gasteiger partial charge is 0.464 e. The van der Waals surface area contributed by atoms with E-state index in [1.54, 1.807) is 6.92 Å². The molecule has 6 aliphatic heterocycles. The predicted octanol–water partition coefficient (Wildman–Crippen LogP) is 12.3. The number of nitrogens with zero attached hydrogens (tertiary/aromatic N) is 4. The van der Waals surface area contributed by atoms with Crippen LogP contribution < -0.4 is 0 Å². The number of methoxy groups -OCH3 is 2. The van der Waals surface area contributed by atoms with Gasteiger partial charge in [0.15, 0.2) is 0 Å². The monoisotopic (exact) mass is 915 g/mol. The summed E-state index contributed by atoms with van der Waals surface area (Å²) >= 11 is 0. The van der Waals surface area contributed by atoms with Gasteiger partial charge in [-0.05, 0) is 118 Å². The van der Waals surface area contributed by atoms with Crippen LogP contribution in [-0.4, -0.2) is 67.4 Å². The summed E-state index contributed by atoms with van der Waals surface area (Å²) in [5.41, 5.74) is 10.7. The van der Waals surface area contributed by atoms with Gasteiger partial charge in [0.05, 0.1) is 58.2 Å². The van der Waals surface area contributed by atoms with Crippen molar-refractivity contribution in [2.24, 2.45) is 49.6 Å². The second kappa shape index (κ2) is 22.2. The highest BCUT2D eigenvalue weighted by Gasteiger charge is 2.59. The van der Waals surface area contributed by atoms with Crippen LogP contribution >= 0.6 is 0 Å². The van der Waals surface area contributed by atoms with Crippen molar-refractivity contribution in [3.05, 3.63) is 104 Å². The first-order chi connectivity index (χ1) is 32.0. The van der Waals surface area contributed by atoms with Gasteiger partial charge in [-0.3, -0.25) is 9.79 Å². The molecule has 6 aliphatic rings. The zero-order valence-corrected chi connectivity index (χ0v) is 42.3. The Balaban J connectivity index is 1.26. The molecule has 0 saturated carbocycles. The van der Waals surface area contributed by atoms with E-state index in [1.165, 1.54) is 64.7 Å².